The number of rotatable bonds is 7. The minimum Gasteiger partial charge on any atom is -0.494 e. The monoisotopic (exact) mass is 408 g/mol. The molecule has 0 N–H and O–H groups in total. The Hall–Kier alpha value is -2.73. The highest BCUT2D eigenvalue weighted by Crippen LogP contribution is 2.36. The molecule has 0 radical (unpaired) electrons. The number of para-hydroxylation sites is 1. The first-order valence-electron chi connectivity index (χ1n) is 10.0. The van der Waals surface area contributed by atoms with Gasteiger partial charge in [-0.05, 0) is 62.6 Å². The van der Waals surface area contributed by atoms with E-state index in [9.17, 15) is 9.59 Å². The lowest BCUT2D eigenvalue weighted by Gasteiger charge is -2.23. The zero-order valence-corrected chi connectivity index (χ0v) is 17.3. The normalized spacial score (nSPS) is 16.3. The van der Waals surface area contributed by atoms with Crippen LogP contribution in [0.1, 0.15) is 54.0 Å². The van der Waals surface area contributed by atoms with Gasteiger partial charge in [-0.3, -0.25) is 9.59 Å². The molecule has 1 aromatic heterocycles. The van der Waals surface area contributed by atoms with Crippen molar-refractivity contribution in [3.05, 3.63) is 59.1 Å². The summed E-state index contributed by atoms with van der Waals surface area (Å²) in [6.07, 6.45) is 3.12. The fourth-order valence-corrected chi connectivity index (χ4v) is 4.81. The van der Waals surface area contributed by atoms with Gasteiger partial charge in [-0.25, -0.2) is 4.98 Å². The number of carbonyl (C=O) groups excluding carboxylic acids is 2. The molecular weight excluding hydrogens is 384 g/mol. The summed E-state index contributed by atoms with van der Waals surface area (Å²) < 4.78 is 6.89. The molecule has 0 saturated carbocycles. The molecule has 1 unspecified atom stereocenters. The maximum Gasteiger partial charge on any atom is 0.223 e. The van der Waals surface area contributed by atoms with Gasteiger partial charge in [0, 0.05) is 18.5 Å². The van der Waals surface area contributed by atoms with Crippen molar-refractivity contribution < 1.29 is 14.3 Å². The predicted molar refractivity (Wildman–Crippen MR) is 114 cm³/mol. The van der Waals surface area contributed by atoms with Gasteiger partial charge in [-0.15, -0.1) is 11.3 Å². The van der Waals surface area contributed by atoms with E-state index in [4.69, 9.17) is 9.72 Å². The van der Waals surface area contributed by atoms with E-state index in [1.807, 2.05) is 23.1 Å². The SMILES string of the molecule is CC(=O)c1ccc(OCCCC(=O)N2CCCC2c2nc3ccccc3s2)cc1. The van der Waals surface area contributed by atoms with Crippen molar-refractivity contribution in [3.63, 3.8) is 0 Å². The minimum absolute atomic E-state index is 0.0374. The summed E-state index contributed by atoms with van der Waals surface area (Å²) in [7, 11) is 0. The van der Waals surface area contributed by atoms with Crippen LogP contribution in [0.25, 0.3) is 10.2 Å². The summed E-state index contributed by atoms with van der Waals surface area (Å²) in [4.78, 5) is 30.8. The average Bonchev–Trinajstić information content (AvgIpc) is 3.38. The first-order chi connectivity index (χ1) is 14.1. The van der Waals surface area contributed by atoms with E-state index in [0.29, 0.717) is 25.0 Å². The largest absolute Gasteiger partial charge is 0.494 e. The Balaban J connectivity index is 1.30. The molecule has 1 saturated heterocycles. The molecular formula is C23H24N2O3S. The van der Waals surface area contributed by atoms with Gasteiger partial charge in [-0.1, -0.05) is 12.1 Å². The number of Topliss-reactive ketones (excluding diaryl/α,β-unsaturated/α-hetero) is 1. The van der Waals surface area contributed by atoms with Crippen molar-refractivity contribution in [2.24, 2.45) is 0 Å². The van der Waals surface area contributed by atoms with Gasteiger partial charge in [0.15, 0.2) is 5.78 Å². The molecule has 29 heavy (non-hydrogen) atoms. The van der Waals surface area contributed by atoms with Gasteiger partial charge in [-0.2, -0.15) is 0 Å². The zero-order valence-electron chi connectivity index (χ0n) is 16.5. The summed E-state index contributed by atoms with van der Waals surface area (Å²) in [6.45, 7) is 2.82. The number of thiazole rings is 1. The first-order valence-corrected chi connectivity index (χ1v) is 10.8. The van der Waals surface area contributed by atoms with Gasteiger partial charge >= 0.3 is 0 Å². The third kappa shape index (κ3) is 4.48. The molecule has 1 aliphatic rings. The summed E-state index contributed by atoms with van der Waals surface area (Å²) in [5.74, 6) is 0.925. The highest BCUT2D eigenvalue weighted by atomic mass is 32.1. The van der Waals surface area contributed by atoms with Crippen LogP contribution in [0.15, 0.2) is 48.5 Å². The summed E-state index contributed by atoms with van der Waals surface area (Å²) >= 11 is 1.69. The number of benzene rings is 2. The molecule has 1 fully saturated rings. The van der Waals surface area contributed by atoms with Crippen LogP contribution < -0.4 is 4.74 Å². The summed E-state index contributed by atoms with van der Waals surface area (Å²) in [5.41, 5.74) is 1.68. The molecule has 0 spiro atoms. The molecule has 3 aromatic rings. The second kappa shape index (κ2) is 8.74. The number of likely N-dealkylation sites (tertiary alicyclic amines) is 1. The molecule has 6 heteroatoms. The molecule has 1 amide bonds. The van der Waals surface area contributed by atoms with Crippen LogP contribution in [-0.2, 0) is 4.79 Å². The van der Waals surface area contributed by atoms with Crippen molar-refractivity contribution in [2.75, 3.05) is 13.2 Å². The number of nitrogens with zero attached hydrogens (tertiary/aromatic N) is 2. The number of hydrogen-bond acceptors (Lipinski definition) is 5. The average molecular weight is 409 g/mol. The van der Waals surface area contributed by atoms with Crippen LogP contribution in [0, 0.1) is 0 Å². The lowest BCUT2D eigenvalue weighted by molar-refractivity contribution is -0.132. The van der Waals surface area contributed by atoms with Crippen LogP contribution in [-0.4, -0.2) is 34.7 Å². The van der Waals surface area contributed by atoms with Crippen LogP contribution >= 0.6 is 11.3 Å². The van der Waals surface area contributed by atoms with Gasteiger partial charge in [0.25, 0.3) is 0 Å². The van der Waals surface area contributed by atoms with Crippen molar-refractivity contribution in [3.8, 4) is 5.75 Å². The Labute approximate surface area is 174 Å². The lowest BCUT2D eigenvalue weighted by atomic mass is 10.1. The molecule has 150 valence electrons. The highest BCUT2D eigenvalue weighted by Gasteiger charge is 2.31. The van der Waals surface area contributed by atoms with E-state index in [1.165, 1.54) is 4.70 Å². The molecule has 2 heterocycles. The standard InChI is InChI=1S/C23H24N2O3S/c1-16(26)17-10-12-18(13-11-17)28-15-5-9-22(27)25-14-4-7-20(25)23-24-19-6-2-3-8-21(19)29-23/h2-3,6,8,10-13,20H,4-5,7,9,14-15H2,1H3. The number of ether oxygens (including phenoxy) is 1. The zero-order chi connectivity index (χ0) is 20.2. The van der Waals surface area contributed by atoms with E-state index in [0.717, 1.165) is 35.7 Å². The van der Waals surface area contributed by atoms with Gasteiger partial charge in [0.2, 0.25) is 5.91 Å². The van der Waals surface area contributed by atoms with Crippen molar-refractivity contribution in [2.45, 2.75) is 38.6 Å². The summed E-state index contributed by atoms with van der Waals surface area (Å²) in [5, 5.41) is 1.04. The van der Waals surface area contributed by atoms with Crippen molar-refractivity contribution >= 4 is 33.2 Å². The Bertz CT molecular complexity index is 979. The topological polar surface area (TPSA) is 59.5 Å². The maximum atomic E-state index is 12.8. The second-order valence-corrected chi connectivity index (χ2v) is 8.36. The Morgan fingerprint density at radius 2 is 1.97 bits per heavy atom. The Morgan fingerprint density at radius 1 is 1.17 bits per heavy atom. The number of fused-ring (bicyclic) bond motifs is 1. The van der Waals surface area contributed by atoms with E-state index in [-0.39, 0.29) is 17.7 Å². The fourth-order valence-electron chi connectivity index (χ4n) is 3.70. The fraction of sp³-hybridized carbons (Fsp3) is 0.348. The van der Waals surface area contributed by atoms with E-state index in [1.54, 1.807) is 42.5 Å². The molecule has 1 aliphatic heterocycles. The molecule has 0 aliphatic carbocycles. The number of carbonyl (C=O) groups is 2. The molecule has 0 bridgehead atoms. The smallest absolute Gasteiger partial charge is 0.223 e. The molecule has 5 nitrogen and oxygen atoms in total. The highest BCUT2D eigenvalue weighted by molar-refractivity contribution is 7.18. The lowest BCUT2D eigenvalue weighted by Crippen LogP contribution is -2.30. The van der Waals surface area contributed by atoms with Crippen molar-refractivity contribution in [1.82, 2.24) is 9.88 Å². The third-order valence-corrected chi connectivity index (χ3v) is 6.37. The molecule has 2 aromatic carbocycles. The van der Waals surface area contributed by atoms with Crippen molar-refractivity contribution in [1.29, 1.82) is 0 Å². The first kappa shape index (κ1) is 19.6. The van der Waals surface area contributed by atoms with E-state index in [2.05, 4.69) is 6.07 Å². The molecule has 4 rings (SSSR count). The number of aromatic nitrogens is 1. The van der Waals surface area contributed by atoms with Gasteiger partial charge < -0.3 is 9.64 Å². The van der Waals surface area contributed by atoms with E-state index >= 15 is 0 Å². The summed E-state index contributed by atoms with van der Waals surface area (Å²) in [6, 6.07) is 15.3. The van der Waals surface area contributed by atoms with Crippen LogP contribution in [0.4, 0.5) is 0 Å². The van der Waals surface area contributed by atoms with Crippen LogP contribution in [0.3, 0.4) is 0 Å². The maximum absolute atomic E-state index is 12.8. The van der Waals surface area contributed by atoms with E-state index < -0.39 is 0 Å². The van der Waals surface area contributed by atoms with Gasteiger partial charge in [0.1, 0.15) is 10.8 Å². The molecule has 1 atom stereocenters. The van der Waals surface area contributed by atoms with Crippen LogP contribution in [0.5, 0.6) is 5.75 Å². The predicted octanol–water partition coefficient (Wildman–Crippen LogP) is 5.02. The third-order valence-electron chi connectivity index (χ3n) is 5.23. The number of amides is 1. The minimum atomic E-state index is 0.0374. The number of hydrogen-bond donors (Lipinski definition) is 0. The Kier molecular flexibility index (Phi) is 5.90. The van der Waals surface area contributed by atoms with Gasteiger partial charge in [0.05, 0.1) is 22.9 Å². The Morgan fingerprint density at radius 3 is 2.72 bits per heavy atom. The second-order valence-electron chi connectivity index (χ2n) is 7.30. The quantitative estimate of drug-likeness (QED) is 0.407. The number of ketones is 1. The van der Waals surface area contributed by atoms with Crippen LogP contribution in [0.2, 0.25) is 0 Å².